The Kier molecular flexibility index (Phi) is 3.55. The molecule has 0 bridgehead atoms. The average molecular weight is 263 g/mol. The molecule has 0 heterocycles. The monoisotopic (exact) mass is 262 g/mol. The van der Waals surface area contributed by atoms with E-state index in [9.17, 15) is 13.2 Å². The molecule has 1 rings (SSSR count). The third kappa shape index (κ3) is 3.40. The summed E-state index contributed by atoms with van der Waals surface area (Å²) in [6, 6.07) is 8.68. The van der Waals surface area contributed by atoms with E-state index in [1.165, 1.54) is 6.08 Å². The quantitative estimate of drug-likeness (QED) is 0.668. The summed E-state index contributed by atoms with van der Waals surface area (Å²) in [5.74, 6) is 0. The van der Waals surface area contributed by atoms with Crippen molar-refractivity contribution in [1.82, 2.24) is 0 Å². The van der Waals surface area contributed by atoms with Crippen LogP contribution < -0.4 is 0 Å². The summed E-state index contributed by atoms with van der Waals surface area (Å²) in [4.78, 5) is 0. The maximum atomic E-state index is 12.0. The van der Waals surface area contributed by atoms with Crippen LogP contribution in [-0.4, -0.2) is 6.18 Å². The van der Waals surface area contributed by atoms with Crippen molar-refractivity contribution < 1.29 is 13.2 Å². The molecular formula is C10H6BrF3. The van der Waals surface area contributed by atoms with Gasteiger partial charge in [0.1, 0.15) is 4.48 Å². The molecule has 0 spiro atoms. The lowest BCUT2D eigenvalue weighted by atomic mass is 10.2. The van der Waals surface area contributed by atoms with Gasteiger partial charge < -0.3 is 0 Å². The summed E-state index contributed by atoms with van der Waals surface area (Å²) in [5.41, 5.74) is 2.80. The number of hydrogen-bond donors (Lipinski definition) is 0. The van der Waals surface area contributed by atoms with Crippen LogP contribution in [0.4, 0.5) is 13.2 Å². The Balaban J connectivity index is 2.93. The number of benzene rings is 1. The van der Waals surface area contributed by atoms with Crippen LogP contribution in [0, 0.1) is 0 Å². The highest BCUT2D eigenvalue weighted by Gasteiger charge is 2.31. The topological polar surface area (TPSA) is 0 Å². The highest BCUT2D eigenvalue weighted by atomic mass is 79.9. The lowest BCUT2D eigenvalue weighted by Gasteiger charge is -1.99. The first-order valence-corrected chi connectivity index (χ1v) is 4.54. The lowest BCUT2D eigenvalue weighted by molar-refractivity contribution is -0.0826. The van der Waals surface area contributed by atoms with E-state index < -0.39 is 10.7 Å². The molecule has 0 N–H and O–H groups in total. The molecule has 74 valence electrons. The first-order valence-electron chi connectivity index (χ1n) is 3.74. The van der Waals surface area contributed by atoms with Crippen molar-refractivity contribution in [3.63, 3.8) is 0 Å². The van der Waals surface area contributed by atoms with Crippen molar-refractivity contribution in [2.45, 2.75) is 6.18 Å². The molecule has 0 amide bonds. The first-order chi connectivity index (χ1) is 6.50. The molecule has 0 aromatic heterocycles. The van der Waals surface area contributed by atoms with Crippen LogP contribution in [0.5, 0.6) is 0 Å². The van der Waals surface area contributed by atoms with Crippen LogP contribution in [0.2, 0.25) is 0 Å². The Morgan fingerprint density at radius 2 is 1.79 bits per heavy atom. The smallest absolute Gasteiger partial charge is 0.165 e. The number of rotatable bonds is 1. The Morgan fingerprint density at radius 1 is 1.21 bits per heavy atom. The molecule has 1 aromatic carbocycles. The Hall–Kier alpha value is -0.990. The zero-order chi connectivity index (χ0) is 10.6. The number of allylic oxidation sites excluding steroid dienone is 1. The summed E-state index contributed by atoms with van der Waals surface area (Å²) < 4.78 is 35.0. The van der Waals surface area contributed by atoms with Gasteiger partial charge in [-0.1, -0.05) is 36.1 Å². The van der Waals surface area contributed by atoms with Crippen molar-refractivity contribution in [3.8, 4) is 0 Å². The van der Waals surface area contributed by atoms with Gasteiger partial charge in [-0.05, 0) is 27.6 Å². The van der Waals surface area contributed by atoms with Crippen LogP contribution in [0.15, 0.2) is 40.5 Å². The van der Waals surface area contributed by atoms with Gasteiger partial charge in [-0.25, -0.2) is 0 Å². The summed E-state index contributed by atoms with van der Waals surface area (Å²) in [6.45, 7) is 0. The third-order valence-electron chi connectivity index (χ3n) is 1.41. The second-order valence-corrected chi connectivity index (χ2v) is 3.30. The van der Waals surface area contributed by atoms with Gasteiger partial charge >= 0.3 is 6.18 Å². The maximum Gasteiger partial charge on any atom is 0.430 e. The van der Waals surface area contributed by atoms with Gasteiger partial charge in [0.2, 0.25) is 0 Å². The third-order valence-corrected chi connectivity index (χ3v) is 2.09. The molecule has 0 aliphatic carbocycles. The minimum atomic E-state index is -4.37. The van der Waals surface area contributed by atoms with E-state index in [0.717, 1.165) is 0 Å². The predicted molar refractivity (Wildman–Crippen MR) is 52.9 cm³/mol. The molecule has 0 unspecified atom stereocenters. The van der Waals surface area contributed by atoms with E-state index >= 15 is 0 Å². The van der Waals surface area contributed by atoms with Crippen LogP contribution >= 0.6 is 15.9 Å². The standard InChI is InChI=1S/C10H6BrF3/c11-9(10(12,13)14)7-6-8-4-2-1-3-5-8/h1-6H. The number of alkyl halides is 3. The van der Waals surface area contributed by atoms with Gasteiger partial charge in [-0.2, -0.15) is 13.2 Å². The van der Waals surface area contributed by atoms with E-state index in [-0.39, 0.29) is 0 Å². The molecule has 0 aliphatic heterocycles. The molecule has 1 aromatic rings. The molecular weight excluding hydrogens is 257 g/mol. The van der Waals surface area contributed by atoms with Gasteiger partial charge in [0.15, 0.2) is 0 Å². The van der Waals surface area contributed by atoms with Crippen LogP contribution in [0.1, 0.15) is 5.56 Å². The molecule has 4 heteroatoms. The summed E-state index contributed by atoms with van der Waals surface area (Å²) >= 11 is 2.41. The van der Waals surface area contributed by atoms with E-state index in [2.05, 4.69) is 21.7 Å². The predicted octanol–water partition coefficient (Wildman–Crippen LogP) is 4.14. The van der Waals surface area contributed by atoms with E-state index in [0.29, 0.717) is 5.56 Å². The largest absolute Gasteiger partial charge is 0.430 e. The number of hydrogen-bond acceptors (Lipinski definition) is 0. The maximum absolute atomic E-state index is 12.0. The van der Waals surface area contributed by atoms with E-state index in [1.54, 1.807) is 30.3 Å². The van der Waals surface area contributed by atoms with Gasteiger partial charge in [-0.3, -0.25) is 0 Å². The van der Waals surface area contributed by atoms with Crippen molar-refractivity contribution in [2.75, 3.05) is 0 Å². The van der Waals surface area contributed by atoms with Crippen LogP contribution in [0.3, 0.4) is 0 Å². The molecule has 0 aliphatic rings. The minimum absolute atomic E-state index is 0.675. The molecule has 0 atom stereocenters. The fourth-order valence-corrected chi connectivity index (χ4v) is 0.892. The second kappa shape index (κ2) is 4.49. The molecule has 0 fully saturated rings. The zero-order valence-corrected chi connectivity index (χ0v) is 8.56. The van der Waals surface area contributed by atoms with Gasteiger partial charge in [-0.15, -0.1) is 0 Å². The van der Waals surface area contributed by atoms with Gasteiger partial charge in [0, 0.05) is 0 Å². The molecule has 0 saturated carbocycles. The molecule has 0 nitrogen and oxygen atoms in total. The van der Waals surface area contributed by atoms with Crippen LogP contribution in [-0.2, 0) is 0 Å². The Bertz CT molecular complexity index is 359. The molecule has 0 saturated heterocycles. The normalized spacial score (nSPS) is 10.6. The van der Waals surface area contributed by atoms with E-state index in [4.69, 9.17) is 0 Å². The van der Waals surface area contributed by atoms with Crippen molar-refractivity contribution in [2.24, 2.45) is 0 Å². The number of halogens is 4. The highest BCUT2D eigenvalue weighted by molar-refractivity contribution is 9.11. The molecule has 14 heavy (non-hydrogen) atoms. The average Bonchev–Trinajstić information content (AvgIpc) is 2.14. The fraction of sp³-hybridized carbons (Fsp3) is 0.100. The SMILES string of the molecule is FC(F)(F)C(Br)=C=Cc1ccccc1. The Morgan fingerprint density at radius 3 is 2.29 bits per heavy atom. The summed E-state index contributed by atoms with van der Waals surface area (Å²) in [5, 5.41) is 0. The lowest BCUT2D eigenvalue weighted by Crippen LogP contribution is -2.05. The van der Waals surface area contributed by atoms with Gasteiger partial charge in [0.05, 0.1) is 0 Å². The van der Waals surface area contributed by atoms with E-state index in [1.807, 2.05) is 0 Å². The summed E-state index contributed by atoms with van der Waals surface area (Å²) in [6.07, 6.45) is -3.09. The second-order valence-electron chi connectivity index (χ2n) is 2.51. The zero-order valence-electron chi connectivity index (χ0n) is 6.98. The first kappa shape index (κ1) is 11.1. The molecule has 0 radical (unpaired) electrons. The minimum Gasteiger partial charge on any atom is -0.165 e. The van der Waals surface area contributed by atoms with Crippen molar-refractivity contribution in [1.29, 1.82) is 0 Å². The summed E-state index contributed by atoms with van der Waals surface area (Å²) in [7, 11) is 0. The van der Waals surface area contributed by atoms with Crippen molar-refractivity contribution in [3.05, 3.63) is 46.1 Å². The highest BCUT2D eigenvalue weighted by Crippen LogP contribution is 2.29. The fourth-order valence-electron chi connectivity index (χ4n) is 0.778. The van der Waals surface area contributed by atoms with Crippen molar-refractivity contribution >= 4 is 22.0 Å². The van der Waals surface area contributed by atoms with Crippen LogP contribution in [0.25, 0.3) is 6.08 Å². The Labute approximate surface area is 87.9 Å². The van der Waals surface area contributed by atoms with Gasteiger partial charge in [0.25, 0.3) is 0 Å².